The third-order valence-electron chi connectivity index (χ3n) is 6.72. The number of amides is 2. The predicted molar refractivity (Wildman–Crippen MR) is 105 cm³/mol. The summed E-state index contributed by atoms with van der Waals surface area (Å²) < 4.78 is 1.95. The highest BCUT2D eigenvalue weighted by Gasteiger charge is 2.45. The number of rotatable bonds is 1. The summed E-state index contributed by atoms with van der Waals surface area (Å²) in [5, 5.41) is 1.60. The van der Waals surface area contributed by atoms with E-state index in [-0.39, 0.29) is 5.91 Å². The zero-order chi connectivity index (χ0) is 18.7. The molecule has 0 N–H and O–H groups in total. The molecule has 2 amide bonds. The van der Waals surface area contributed by atoms with Crippen LogP contribution in [0.25, 0.3) is 10.9 Å². The van der Waals surface area contributed by atoms with Crippen LogP contribution in [-0.4, -0.2) is 51.9 Å². The number of piperidine rings is 3. The zero-order valence-electron chi connectivity index (χ0n) is 15.5. The quantitative estimate of drug-likeness (QED) is 0.756. The maximum Gasteiger partial charge on any atom is 0.270 e. The molecule has 3 atom stereocenters. The van der Waals surface area contributed by atoms with E-state index >= 15 is 0 Å². The highest BCUT2D eigenvalue weighted by Crippen LogP contribution is 2.38. The summed E-state index contributed by atoms with van der Waals surface area (Å²) in [4.78, 5) is 29.8. The van der Waals surface area contributed by atoms with Gasteiger partial charge in [-0.3, -0.25) is 9.59 Å². The average Bonchev–Trinajstić information content (AvgIpc) is 3.00. The van der Waals surface area contributed by atoms with Crippen LogP contribution in [0.2, 0.25) is 5.02 Å². The summed E-state index contributed by atoms with van der Waals surface area (Å²) in [6, 6.07) is 8.01. The molecule has 4 heterocycles. The third-order valence-corrected chi connectivity index (χ3v) is 7.05. The highest BCUT2D eigenvalue weighted by atomic mass is 35.5. The van der Waals surface area contributed by atoms with Crippen molar-refractivity contribution < 1.29 is 9.59 Å². The molecule has 3 fully saturated rings. The van der Waals surface area contributed by atoms with Gasteiger partial charge >= 0.3 is 0 Å². The second kappa shape index (κ2) is 6.26. The smallest absolute Gasteiger partial charge is 0.270 e. The Kier molecular flexibility index (Phi) is 3.97. The summed E-state index contributed by atoms with van der Waals surface area (Å²) in [6.07, 6.45) is 3.89. The molecule has 1 aromatic heterocycles. The summed E-state index contributed by atoms with van der Waals surface area (Å²) in [7, 11) is 1.93. The van der Waals surface area contributed by atoms with Gasteiger partial charge in [0.15, 0.2) is 0 Å². The molecule has 1 unspecified atom stereocenters. The number of hydrogen-bond acceptors (Lipinski definition) is 2. The molecule has 142 valence electrons. The largest absolute Gasteiger partial charge is 0.340 e. The van der Waals surface area contributed by atoms with Crippen LogP contribution >= 0.6 is 11.6 Å². The number of likely N-dealkylation sites (tertiary alicyclic amines) is 1. The Bertz CT molecular complexity index is 937. The van der Waals surface area contributed by atoms with Crippen molar-refractivity contribution in [2.75, 3.05) is 19.6 Å². The minimum absolute atomic E-state index is 0.0788. The van der Waals surface area contributed by atoms with Crippen molar-refractivity contribution in [1.82, 2.24) is 14.4 Å². The number of nitrogens with zero attached hydrogens (tertiary/aromatic N) is 3. The first-order chi connectivity index (χ1) is 13.0. The van der Waals surface area contributed by atoms with Crippen LogP contribution < -0.4 is 0 Å². The summed E-state index contributed by atoms with van der Waals surface area (Å²) in [5.74, 6) is 1.19. The van der Waals surface area contributed by atoms with E-state index in [1.807, 2.05) is 40.8 Å². The van der Waals surface area contributed by atoms with Gasteiger partial charge in [-0.2, -0.15) is 0 Å². The van der Waals surface area contributed by atoms with Crippen LogP contribution in [-0.2, 0) is 11.8 Å². The van der Waals surface area contributed by atoms with Gasteiger partial charge in [-0.1, -0.05) is 17.7 Å². The fraction of sp³-hybridized carbons (Fsp3) is 0.524. The van der Waals surface area contributed by atoms with Crippen LogP contribution in [0.3, 0.4) is 0 Å². The molecular weight excluding hydrogens is 362 g/mol. The van der Waals surface area contributed by atoms with Gasteiger partial charge in [0.2, 0.25) is 5.91 Å². The van der Waals surface area contributed by atoms with E-state index in [2.05, 4.69) is 4.90 Å². The molecule has 0 aliphatic carbocycles. The van der Waals surface area contributed by atoms with Crippen molar-refractivity contribution in [2.45, 2.75) is 31.7 Å². The number of aromatic nitrogens is 1. The van der Waals surface area contributed by atoms with Gasteiger partial charge in [0.05, 0.1) is 0 Å². The van der Waals surface area contributed by atoms with Gasteiger partial charge in [0, 0.05) is 55.1 Å². The Morgan fingerprint density at radius 2 is 2.07 bits per heavy atom. The number of halogens is 1. The standard InChI is InChI=1S/C21H24ClN3O2/c1-23-18-6-2-4-16(22)15(18)9-19(23)21(27)24-10-13-8-14(12-24)17-5-3-7-20(26)25(17)11-13/h2,4,6,9,13-14,17H,3,5,7-8,10-12H2,1H3/t13-,14-,17?/m0/s1. The van der Waals surface area contributed by atoms with E-state index < -0.39 is 0 Å². The molecule has 3 aliphatic heterocycles. The Hall–Kier alpha value is -2.01. The third kappa shape index (κ3) is 2.66. The van der Waals surface area contributed by atoms with E-state index in [1.54, 1.807) is 0 Å². The van der Waals surface area contributed by atoms with Crippen LogP contribution in [0.4, 0.5) is 0 Å². The first kappa shape index (κ1) is 17.1. The van der Waals surface area contributed by atoms with Gasteiger partial charge in [-0.15, -0.1) is 0 Å². The molecule has 3 saturated heterocycles. The first-order valence-corrected chi connectivity index (χ1v) is 10.2. The number of carbonyl (C=O) groups is 2. The summed E-state index contributed by atoms with van der Waals surface area (Å²) in [6.45, 7) is 2.30. The lowest BCUT2D eigenvalue weighted by Crippen LogP contribution is -2.61. The lowest BCUT2D eigenvalue weighted by molar-refractivity contribution is -0.144. The van der Waals surface area contributed by atoms with Gasteiger partial charge in [-0.05, 0) is 49.3 Å². The zero-order valence-corrected chi connectivity index (χ0v) is 16.3. The Morgan fingerprint density at radius 1 is 1.22 bits per heavy atom. The van der Waals surface area contributed by atoms with Gasteiger partial charge in [0.1, 0.15) is 5.69 Å². The van der Waals surface area contributed by atoms with Crippen molar-refractivity contribution in [3.05, 3.63) is 35.0 Å². The number of carbonyl (C=O) groups excluding carboxylic acids is 2. The Labute approximate surface area is 163 Å². The monoisotopic (exact) mass is 385 g/mol. The first-order valence-electron chi connectivity index (χ1n) is 9.85. The van der Waals surface area contributed by atoms with Gasteiger partial charge in [-0.25, -0.2) is 0 Å². The second-order valence-corrected chi connectivity index (χ2v) is 8.75. The molecule has 1 aromatic carbocycles. The Morgan fingerprint density at radius 3 is 2.89 bits per heavy atom. The molecule has 2 bridgehead atoms. The van der Waals surface area contributed by atoms with Crippen molar-refractivity contribution in [2.24, 2.45) is 18.9 Å². The maximum absolute atomic E-state index is 13.3. The predicted octanol–water partition coefficient (Wildman–Crippen LogP) is 3.30. The molecule has 27 heavy (non-hydrogen) atoms. The maximum atomic E-state index is 13.3. The van der Waals surface area contributed by atoms with Gasteiger partial charge in [0.25, 0.3) is 5.91 Å². The van der Waals surface area contributed by atoms with E-state index in [1.165, 1.54) is 0 Å². The molecule has 0 spiro atoms. The van der Waals surface area contributed by atoms with Crippen LogP contribution in [0.1, 0.15) is 36.2 Å². The van der Waals surface area contributed by atoms with Crippen molar-refractivity contribution >= 4 is 34.3 Å². The SMILES string of the molecule is Cn1c(C(=O)N2C[C@@H]3C[C@@H](C2)C2CCCC(=O)N2C3)cc2c(Cl)cccc21. The van der Waals surface area contributed by atoms with Crippen LogP contribution in [0.5, 0.6) is 0 Å². The molecule has 0 radical (unpaired) electrons. The number of fused-ring (bicyclic) bond motifs is 5. The molecule has 2 aromatic rings. The van der Waals surface area contributed by atoms with Crippen molar-refractivity contribution in [1.29, 1.82) is 0 Å². The molecular formula is C21H24ClN3O2. The summed E-state index contributed by atoms with van der Waals surface area (Å²) in [5.41, 5.74) is 1.67. The Balaban J connectivity index is 1.43. The number of benzene rings is 1. The van der Waals surface area contributed by atoms with Crippen LogP contribution in [0, 0.1) is 11.8 Å². The summed E-state index contributed by atoms with van der Waals surface area (Å²) >= 11 is 6.33. The van der Waals surface area contributed by atoms with Crippen LogP contribution in [0.15, 0.2) is 24.3 Å². The lowest BCUT2D eigenvalue weighted by atomic mass is 9.76. The molecule has 5 nitrogen and oxygen atoms in total. The van der Waals surface area contributed by atoms with E-state index in [0.717, 1.165) is 49.8 Å². The average molecular weight is 386 g/mol. The number of hydrogen-bond donors (Lipinski definition) is 0. The van der Waals surface area contributed by atoms with Gasteiger partial charge < -0.3 is 14.4 Å². The molecule has 3 aliphatic rings. The minimum atomic E-state index is 0.0788. The fourth-order valence-corrected chi connectivity index (χ4v) is 5.69. The van der Waals surface area contributed by atoms with Crippen molar-refractivity contribution in [3.63, 3.8) is 0 Å². The highest BCUT2D eigenvalue weighted by molar-refractivity contribution is 6.35. The molecule has 5 rings (SSSR count). The molecule has 6 heteroatoms. The lowest BCUT2D eigenvalue weighted by Gasteiger charge is -2.52. The molecule has 0 saturated carbocycles. The van der Waals surface area contributed by atoms with E-state index in [4.69, 9.17) is 11.6 Å². The van der Waals surface area contributed by atoms with E-state index in [9.17, 15) is 9.59 Å². The minimum Gasteiger partial charge on any atom is -0.340 e. The fourth-order valence-electron chi connectivity index (χ4n) is 5.47. The normalized spacial score (nSPS) is 27.8. The topological polar surface area (TPSA) is 45.6 Å². The second-order valence-electron chi connectivity index (χ2n) is 8.34. The number of aryl methyl sites for hydroxylation is 1. The van der Waals surface area contributed by atoms with E-state index in [0.29, 0.717) is 40.9 Å². The van der Waals surface area contributed by atoms with Crippen molar-refractivity contribution in [3.8, 4) is 0 Å².